The van der Waals surface area contributed by atoms with E-state index in [1.54, 1.807) is 25.2 Å². The lowest BCUT2D eigenvalue weighted by Gasteiger charge is -2.25. The molecule has 1 saturated carbocycles. The summed E-state index contributed by atoms with van der Waals surface area (Å²) in [7, 11) is 0. The average molecular weight is 459 g/mol. The molecule has 1 aromatic carbocycles. The van der Waals surface area contributed by atoms with Crippen LogP contribution in [0.15, 0.2) is 42.5 Å². The molecule has 2 aromatic rings. The second-order valence-electron chi connectivity index (χ2n) is 9.48. The third-order valence-corrected chi connectivity index (χ3v) is 7.84. The first-order valence-corrected chi connectivity index (χ1v) is 12.3. The largest absolute Gasteiger partial charge is 0.481 e. The molecule has 0 saturated heterocycles. The summed E-state index contributed by atoms with van der Waals surface area (Å²) in [5, 5.41) is 31.4. The topological polar surface area (TPSA) is 94.8 Å². The zero-order valence-electron chi connectivity index (χ0n) is 18.9. The van der Waals surface area contributed by atoms with Gasteiger partial charge in [-0.1, -0.05) is 44.2 Å². The van der Waals surface area contributed by atoms with Gasteiger partial charge in [-0.25, -0.2) is 0 Å². The lowest BCUT2D eigenvalue weighted by Crippen LogP contribution is -2.32. The van der Waals surface area contributed by atoms with E-state index in [9.17, 15) is 19.8 Å². The number of hydrogen-bond donors (Lipinski definition) is 3. The number of ketones is 1. The monoisotopic (exact) mass is 458 g/mol. The molecule has 0 spiro atoms. The number of carboxylic acid groups (broad SMARTS) is 1. The molecule has 1 aliphatic carbocycles. The van der Waals surface area contributed by atoms with Crippen LogP contribution in [0.2, 0.25) is 0 Å². The fraction of sp³-hybridized carbons (Fsp3) is 0.538. The minimum Gasteiger partial charge on any atom is -0.481 e. The van der Waals surface area contributed by atoms with Crippen LogP contribution in [0.5, 0.6) is 0 Å². The molecule has 1 aliphatic rings. The van der Waals surface area contributed by atoms with Gasteiger partial charge in [0.05, 0.1) is 12.2 Å². The minimum atomic E-state index is -0.802. The van der Waals surface area contributed by atoms with Crippen molar-refractivity contribution in [2.24, 2.45) is 17.3 Å². The molecule has 3 rings (SSSR count). The number of allylic oxidation sites excluding steroid dienone is 2. The zero-order valence-corrected chi connectivity index (χ0v) is 19.7. The first-order valence-electron chi connectivity index (χ1n) is 11.4. The van der Waals surface area contributed by atoms with E-state index in [4.69, 9.17) is 5.11 Å². The maximum atomic E-state index is 13.0. The predicted octanol–water partition coefficient (Wildman–Crippen LogP) is 4.99. The van der Waals surface area contributed by atoms with Gasteiger partial charge in [0.25, 0.3) is 0 Å². The van der Waals surface area contributed by atoms with Crippen molar-refractivity contribution in [2.45, 2.75) is 71.0 Å². The highest BCUT2D eigenvalue weighted by atomic mass is 32.1. The molecule has 0 radical (unpaired) electrons. The second-order valence-corrected chi connectivity index (χ2v) is 10.6. The number of carbonyl (C=O) groups is 2. The summed E-state index contributed by atoms with van der Waals surface area (Å²) < 4.78 is 1.21. The van der Waals surface area contributed by atoms with Crippen LogP contribution in [-0.2, 0) is 16.0 Å². The van der Waals surface area contributed by atoms with Crippen LogP contribution in [-0.4, -0.2) is 39.3 Å². The van der Waals surface area contributed by atoms with Gasteiger partial charge in [0.2, 0.25) is 0 Å². The molecule has 1 aromatic heterocycles. The van der Waals surface area contributed by atoms with Crippen LogP contribution in [0.25, 0.3) is 10.1 Å². The number of rotatable bonds is 11. The number of thiophene rings is 1. The normalized spacial score (nSPS) is 23.9. The van der Waals surface area contributed by atoms with E-state index >= 15 is 0 Å². The first-order chi connectivity index (χ1) is 15.2. The Kier molecular flexibility index (Phi) is 8.26. The van der Waals surface area contributed by atoms with E-state index in [1.165, 1.54) is 10.1 Å². The highest BCUT2D eigenvalue weighted by Crippen LogP contribution is 2.46. The Morgan fingerprint density at radius 1 is 1.25 bits per heavy atom. The Morgan fingerprint density at radius 3 is 2.72 bits per heavy atom. The van der Waals surface area contributed by atoms with Crippen LogP contribution in [0, 0.1) is 17.3 Å². The van der Waals surface area contributed by atoms with Crippen LogP contribution in [0.3, 0.4) is 0 Å². The Balaban J connectivity index is 1.57. The van der Waals surface area contributed by atoms with Gasteiger partial charge in [-0.3, -0.25) is 9.59 Å². The van der Waals surface area contributed by atoms with E-state index in [-0.39, 0.29) is 24.0 Å². The standard InChI is InChI=1S/C26H34O5S/c1-26(2)24(30)20(10-5-3-4-6-12-23(28)29)21(25(26)31)14-13-18(27)16-19-15-17-9-7-8-11-22(17)32-19/h3,5,7-9,11,15,18,20-21,25,27,31H,4,6,10,12-14,16H2,1-2H3,(H,28,29). The minimum absolute atomic E-state index is 0.0733. The summed E-state index contributed by atoms with van der Waals surface area (Å²) in [6, 6.07) is 10.3. The van der Waals surface area contributed by atoms with Gasteiger partial charge in [-0.2, -0.15) is 0 Å². The second kappa shape index (κ2) is 10.7. The van der Waals surface area contributed by atoms with Crippen LogP contribution in [0.4, 0.5) is 0 Å². The number of carbonyl (C=O) groups excluding carboxylic acids is 1. The predicted molar refractivity (Wildman–Crippen MR) is 128 cm³/mol. The van der Waals surface area contributed by atoms with E-state index < -0.39 is 23.6 Å². The molecule has 0 bridgehead atoms. The summed E-state index contributed by atoms with van der Waals surface area (Å²) in [4.78, 5) is 24.7. The molecule has 0 aliphatic heterocycles. The number of Topliss-reactive ketones (excluding diaryl/α,β-unsaturated/α-hetero) is 1. The molecule has 1 heterocycles. The van der Waals surface area contributed by atoms with E-state index in [1.807, 2.05) is 24.3 Å². The molecule has 4 atom stereocenters. The number of fused-ring (bicyclic) bond motifs is 1. The van der Waals surface area contributed by atoms with Gasteiger partial charge in [-0.15, -0.1) is 11.3 Å². The fourth-order valence-corrected chi connectivity index (χ4v) is 5.94. The molecule has 174 valence electrons. The third-order valence-electron chi connectivity index (χ3n) is 6.70. The molecule has 6 heteroatoms. The number of unbranched alkanes of at least 4 members (excludes halogenated alkanes) is 1. The number of benzene rings is 1. The van der Waals surface area contributed by atoms with Crippen LogP contribution >= 0.6 is 11.3 Å². The Bertz CT molecular complexity index is 927. The molecule has 32 heavy (non-hydrogen) atoms. The smallest absolute Gasteiger partial charge is 0.303 e. The Labute approximate surface area is 193 Å². The number of aliphatic hydroxyl groups excluding tert-OH is 2. The van der Waals surface area contributed by atoms with Crippen molar-refractivity contribution in [1.29, 1.82) is 0 Å². The number of carboxylic acids is 1. The van der Waals surface area contributed by atoms with E-state index in [0.29, 0.717) is 38.5 Å². The number of hydrogen-bond acceptors (Lipinski definition) is 5. The van der Waals surface area contributed by atoms with Crippen molar-refractivity contribution in [3.8, 4) is 0 Å². The van der Waals surface area contributed by atoms with E-state index in [0.717, 1.165) is 4.88 Å². The lowest BCUT2D eigenvalue weighted by atomic mass is 9.85. The molecular formula is C26H34O5S. The average Bonchev–Trinajstić information content (AvgIpc) is 3.21. The fourth-order valence-electron chi connectivity index (χ4n) is 4.80. The molecular weight excluding hydrogens is 424 g/mol. The molecule has 3 N–H and O–H groups in total. The lowest BCUT2D eigenvalue weighted by molar-refractivity contribution is -0.137. The van der Waals surface area contributed by atoms with Crippen LogP contribution in [0.1, 0.15) is 57.2 Å². The number of aliphatic carboxylic acids is 1. The van der Waals surface area contributed by atoms with Crippen molar-refractivity contribution in [2.75, 3.05) is 0 Å². The molecule has 4 unspecified atom stereocenters. The van der Waals surface area contributed by atoms with Gasteiger partial charge < -0.3 is 15.3 Å². The van der Waals surface area contributed by atoms with Gasteiger partial charge in [0.15, 0.2) is 0 Å². The molecule has 0 amide bonds. The van der Waals surface area contributed by atoms with Gasteiger partial charge in [0, 0.05) is 33.8 Å². The van der Waals surface area contributed by atoms with Gasteiger partial charge >= 0.3 is 5.97 Å². The SMILES string of the molecule is CC1(C)C(=O)C(CC=CCCCC(=O)O)C(CCC(O)Cc2cc3ccccc3s2)C1O. The maximum Gasteiger partial charge on any atom is 0.303 e. The Hall–Kier alpha value is -2.02. The first kappa shape index (κ1) is 24.6. The summed E-state index contributed by atoms with van der Waals surface area (Å²) in [6.07, 6.45) is 6.27. The number of aliphatic hydroxyl groups is 2. The van der Waals surface area contributed by atoms with Gasteiger partial charge in [-0.05, 0) is 55.5 Å². The Morgan fingerprint density at radius 2 is 2.00 bits per heavy atom. The third kappa shape index (κ3) is 5.85. The van der Waals surface area contributed by atoms with Crippen molar-refractivity contribution < 1.29 is 24.9 Å². The summed E-state index contributed by atoms with van der Waals surface area (Å²) in [6.45, 7) is 3.61. The maximum absolute atomic E-state index is 13.0. The van der Waals surface area contributed by atoms with Crippen molar-refractivity contribution in [1.82, 2.24) is 0 Å². The molecule has 1 fully saturated rings. The summed E-state index contributed by atoms with van der Waals surface area (Å²) in [5.41, 5.74) is -0.789. The van der Waals surface area contributed by atoms with E-state index in [2.05, 4.69) is 18.2 Å². The quantitative estimate of drug-likeness (QED) is 0.326. The van der Waals surface area contributed by atoms with Crippen molar-refractivity contribution in [3.05, 3.63) is 47.4 Å². The highest BCUT2D eigenvalue weighted by molar-refractivity contribution is 7.19. The van der Waals surface area contributed by atoms with Crippen LogP contribution < -0.4 is 0 Å². The highest BCUT2D eigenvalue weighted by Gasteiger charge is 2.53. The zero-order chi connectivity index (χ0) is 23.3. The summed E-state index contributed by atoms with van der Waals surface area (Å²) >= 11 is 1.69. The summed E-state index contributed by atoms with van der Waals surface area (Å²) in [5.74, 6) is -1.18. The van der Waals surface area contributed by atoms with Gasteiger partial charge in [0.1, 0.15) is 5.78 Å². The molecule has 5 nitrogen and oxygen atoms in total. The van der Waals surface area contributed by atoms with Crippen molar-refractivity contribution >= 4 is 33.2 Å². The van der Waals surface area contributed by atoms with Crippen molar-refractivity contribution in [3.63, 3.8) is 0 Å².